The van der Waals surface area contributed by atoms with Crippen molar-refractivity contribution in [2.24, 2.45) is 0 Å². The van der Waals surface area contributed by atoms with Crippen LogP contribution in [0.15, 0.2) is 47.5 Å². The number of hydrogen-bond donors (Lipinski definition) is 0. The number of morpholine rings is 1. The van der Waals surface area contributed by atoms with Crippen LogP contribution in [0.3, 0.4) is 0 Å². The van der Waals surface area contributed by atoms with Gasteiger partial charge in [-0.05, 0) is 56.0 Å². The van der Waals surface area contributed by atoms with E-state index in [1.165, 1.54) is 4.31 Å². The first-order valence-electron chi connectivity index (χ1n) is 10.9. The molecule has 1 aliphatic heterocycles. The highest BCUT2D eigenvalue weighted by molar-refractivity contribution is 7.89. The average molecular weight is 444 g/mol. The lowest BCUT2D eigenvalue weighted by molar-refractivity contribution is 0.0669. The molecule has 4 rings (SSSR count). The highest BCUT2D eigenvalue weighted by Gasteiger charge is 2.38. The first kappa shape index (κ1) is 21.9. The van der Waals surface area contributed by atoms with Crippen molar-refractivity contribution in [3.63, 3.8) is 0 Å². The largest absolute Gasteiger partial charge is 0.379 e. The van der Waals surface area contributed by atoms with Gasteiger partial charge in [-0.15, -0.1) is 0 Å². The van der Waals surface area contributed by atoms with E-state index >= 15 is 0 Å². The molecule has 1 amide bonds. The molecule has 2 aromatic rings. The molecule has 8 heteroatoms. The molecule has 1 aromatic carbocycles. The molecule has 0 radical (unpaired) electrons. The summed E-state index contributed by atoms with van der Waals surface area (Å²) >= 11 is 0. The van der Waals surface area contributed by atoms with E-state index in [0.717, 1.165) is 24.1 Å². The van der Waals surface area contributed by atoms with Crippen molar-refractivity contribution in [1.29, 1.82) is 0 Å². The number of nitrogens with zero attached hydrogens (tertiary/aromatic N) is 3. The highest BCUT2D eigenvalue weighted by atomic mass is 32.2. The molecule has 166 valence electrons. The van der Waals surface area contributed by atoms with Crippen LogP contribution in [0.25, 0.3) is 0 Å². The van der Waals surface area contributed by atoms with Crippen LogP contribution in [-0.2, 0) is 21.2 Å². The fourth-order valence-corrected chi connectivity index (χ4v) is 5.80. The van der Waals surface area contributed by atoms with E-state index in [2.05, 4.69) is 4.98 Å². The predicted molar refractivity (Wildman–Crippen MR) is 117 cm³/mol. The Bertz CT molecular complexity index is 1030. The summed E-state index contributed by atoms with van der Waals surface area (Å²) in [5, 5.41) is 0. The minimum absolute atomic E-state index is 0.151. The van der Waals surface area contributed by atoms with Crippen LogP contribution in [0.1, 0.15) is 54.3 Å². The Hall–Kier alpha value is -2.29. The van der Waals surface area contributed by atoms with Gasteiger partial charge in [-0.3, -0.25) is 9.78 Å². The number of hydrogen-bond acceptors (Lipinski definition) is 5. The summed E-state index contributed by atoms with van der Waals surface area (Å²) in [5.74, 6) is -0.151. The Labute approximate surface area is 184 Å². The maximum Gasteiger partial charge on any atom is 0.254 e. The van der Waals surface area contributed by atoms with Crippen molar-refractivity contribution < 1.29 is 17.9 Å². The third-order valence-corrected chi connectivity index (χ3v) is 7.97. The van der Waals surface area contributed by atoms with E-state index in [9.17, 15) is 13.2 Å². The molecule has 1 aromatic heterocycles. The fraction of sp³-hybridized carbons (Fsp3) is 0.478. The van der Waals surface area contributed by atoms with Gasteiger partial charge in [0.2, 0.25) is 10.0 Å². The van der Waals surface area contributed by atoms with Crippen LogP contribution in [0.4, 0.5) is 0 Å². The second-order valence-electron chi connectivity index (χ2n) is 8.07. The number of amides is 1. The first-order chi connectivity index (χ1) is 14.9. The van der Waals surface area contributed by atoms with Gasteiger partial charge in [0, 0.05) is 30.9 Å². The van der Waals surface area contributed by atoms with Crippen molar-refractivity contribution in [1.82, 2.24) is 14.2 Å². The minimum Gasteiger partial charge on any atom is -0.379 e. The summed E-state index contributed by atoms with van der Waals surface area (Å²) in [6.07, 6.45) is 4.21. The topological polar surface area (TPSA) is 79.8 Å². The quantitative estimate of drug-likeness (QED) is 0.657. The summed E-state index contributed by atoms with van der Waals surface area (Å²) in [4.78, 5) is 20.1. The monoisotopic (exact) mass is 443 g/mol. The van der Waals surface area contributed by atoms with E-state index in [0.29, 0.717) is 38.3 Å². The second-order valence-corrected chi connectivity index (χ2v) is 9.97. The van der Waals surface area contributed by atoms with Gasteiger partial charge in [0.1, 0.15) is 0 Å². The molecule has 1 unspecified atom stereocenters. The van der Waals surface area contributed by atoms with Crippen LogP contribution in [-0.4, -0.2) is 60.9 Å². The minimum atomic E-state index is -3.69. The zero-order valence-corrected chi connectivity index (χ0v) is 18.8. The fourth-order valence-electron chi connectivity index (χ4n) is 4.07. The van der Waals surface area contributed by atoms with Crippen molar-refractivity contribution in [2.75, 3.05) is 26.3 Å². The Kier molecular flexibility index (Phi) is 6.41. The normalized spacial score (nSPS) is 18.5. The van der Waals surface area contributed by atoms with E-state index in [4.69, 9.17) is 4.74 Å². The lowest BCUT2D eigenvalue weighted by atomic mass is 10.1. The summed E-state index contributed by atoms with van der Waals surface area (Å²) < 4.78 is 33.5. The second kappa shape index (κ2) is 9.06. The molecule has 1 saturated carbocycles. The summed E-state index contributed by atoms with van der Waals surface area (Å²) in [5.41, 5.74) is 1.95. The Morgan fingerprint density at radius 2 is 1.97 bits per heavy atom. The molecule has 1 atom stereocenters. The third kappa shape index (κ3) is 4.51. The molecule has 0 bridgehead atoms. The zero-order valence-electron chi connectivity index (χ0n) is 18.0. The number of carbonyl (C=O) groups is 1. The molecule has 1 aliphatic carbocycles. The van der Waals surface area contributed by atoms with Crippen molar-refractivity contribution in [3.05, 3.63) is 59.4 Å². The average Bonchev–Trinajstić information content (AvgIpc) is 3.65. The SMILES string of the molecule is CCc1ccc(C(=O)N(C2CC2)C(C)c2ccccn2)cc1S(=O)(=O)N1CCOCC1. The molecular formula is C23H29N3O4S. The number of aryl methyl sites for hydroxylation is 1. The molecule has 2 heterocycles. The van der Waals surface area contributed by atoms with Gasteiger partial charge < -0.3 is 9.64 Å². The zero-order chi connectivity index (χ0) is 22.0. The van der Waals surface area contributed by atoms with Gasteiger partial charge in [-0.1, -0.05) is 19.1 Å². The van der Waals surface area contributed by atoms with E-state index in [-0.39, 0.29) is 22.9 Å². The lowest BCUT2D eigenvalue weighted by Crippen LogP contribution is -2.41. The van der Waals surface area contributed by atoms with Gasteiger partial charge in [-0.25, -0.2) is 8.42 Å². The standard InChI is InChI=1S/C23H29N3O4S/c1-3-18-7-8-19(16-22(18)31(28,29)25-12-14-30-15-13-25)23(27)26(20-9-10-20)17(2)21-6-4-5-11-24-21/h4-8,11,16-17,20H,3,9-10,12-15H2,1-2H3. The van der Waals surface area contributed by atoms with Crippen LogP contribution in [0.5, 0.6) is 0 Å². The van der Waals surface area contributed by atoms with Gasteiger partial charge >= 0.3 is 0 Å². The van der Waals surface area contributed by atoms with Gasteiger partial charge in [0.25, 0.3) is 5.91 Å². The Morgan fingerprint density at radius 1 is 1.23 bits per heavy atom. The van der Waals surface area contributed by atoms with E-state index < -0.39 is 10.0 Å². The maximum atomic E-state index is 13.6. The van der Waals surface area contributed by atoms with Gasteiger partial charge in [-0.2, -0.15) is 4.31 Å². The number of pyridine rings is 1. The summed E-state index contributed by atoms with van der Waals surface area (Å²) in [6.45, 7) is 5.33. The number of ether oxygens (including phenoxy) is 1. The maximum absolute atomic E-state index is 13.6. The van der Waals surface area contributed by atoms with Crippen LogP contribution in [0, 0.1) is 0 Å². The van der Waals surface area contributed by atoms with Gasteiger partial charge in [0.05, 0.1) is 29.8 Å². The molecule has 1 saturated heterocycles. The van der Waals surface area contributed by atoms with Gasteiger partial charge in [0.15, 0.2) is 0 Å². The van der Waals surface area contributed by atoms with Crippen LogP contribution >= 0.6 is 0 Å². The number of sulfonamides is 1. The summed E-state index contributed by atoms with van der Waals surface area (Å²) in [6, 6.07) is 10.7. The van der Waals surface area contributed by atoms with Crippen molar-refractivity contribution in [3.8, 4) is 0 Å². The Balaban J connectivity index is 1.69. The molecule has 7 nitrogen and oxygen atoms in total. The number of rotatable bonds is 7. The third-order valence-electron chi connectivity index (χ3n) is 5.99. The molecule has 2 fully saturated rings. The van der Waals surface area contributed by atoms with Crippen LogP contribution < -0.4 is 0 Å². The van der Waals surface area contributed by atoms with Crippen molar-refractivity contribution in [2.45, 2.75) is 50.1 Å². The number of carbonyl (C=O) groups excluding carboxylic acids is 1. The smallest absolute Gasteiger partial charge is 0.254 e. The first-order valence-corrected chi connectivity index (χ1v) is 12.3. The van der Waals surface area contributed by atoms with E-state index in [1.807, 2.05) is 36.9 Å². The van der Waals surface area contributed by atoms with E-state index in [1.54, 1.807) is 24.4 Å². The number of aromatic nitrogens is 1. The molecule has 0 N–H and O–H groups in total. The lowest BCUT2D eigenvalue weighted by Gasteiger charge is -2.30. The highest BCUT2D eigenvalue weighted by Crippen LogP contribution is 2.35. The predicted octanol–water partition coefficient (Wildman–Crippen LogP) is 3.03. The molecule has 2 aliphatic rings. The molecule has 31 heavy (non-hydrogen) atoms. The van der Waals surface area contributed by atoms with Crippen LogP contribution in [0.2, 0.25) is 0 Å². The number of benzene rings is 1. The van der Waals surface area contributed by atoms with Crippen molar-refractivity contribution >= 4 is 15.9 Å². The molecule has 0 spiro atoms. The molecular weight excluding hydrogens is 414 g/mol. The Morgan fingerprint density at radius 3 is 2.58 bits per heavy atom. The summed E-state index contributed by atoms with van der Waals surface area (Å²) in [7, 11) is -3.69.